The number of carbonyl (C=O) groups is 1. The predicted octanol–water partition coefficient (Wildman–Crippen LogP) is 3.31. The molecular weight excluding hydrogens is 198 g/mol. The number of fused-ring (bicyclic) bond motifs is 1. The highest BCUT2D eigenvalue weighted by molar-refractivity contribution is 5.87. The molecule has 1 aromatic heterocycles. The fourth-order valence-electron chi connectivity index (χ4n) is 2.17. The molecule has 2 nitrogen and oxygen atoms in total. The van der Waals surface area contributed by atoms with Gasteiger partial charge in [0.05, 0.1) is 0 Å². The molecule has 2 rings (SSSR count). The number of benzene rings is 1. The monoisotopic (exact) mass is 215 g/mol. The maximum atomic E-state index is 11.0. The van der Waals surface area contributed by atoms with Gasteiger partial charge in [-0.1, -0.05) is 11.6 Å². The Hall–Kier alpha value is -1.57. The van der Waals surface area contributed by atoms with Gasteiger partial charge < -0.3 is 9.78 Å². The van der Waals surface area contributed by atoms with Gasteiger partial charge in [-0.05, 0) is 44.4 Å². The lowest BCUT2D eigenvalue weighted by Gasteiger charge is -2.01. The number of aryl methyl sites for hydroxylation is 3. The zero-order valence-corrected chi connectivity index (χ0v) is 10.1. The summed E-state index contributed by atoms with van der Waals surface area (Å²) in [5.41, 5.74) is 4.99. The molecule has 0 unspecified atom stereocenters. The number of hydrogen-bond acceptors (Lipinski definition) is 1. The van der Waals surface area contributed by atoms with Crippen molar-refractivity contribution < 1.29 is 4.79 Å². The van der Waals surface area contributed by atoms with E-state index < -0.39 is 0 Å². The van der Waals surface area contributed by atoms with Crippen LogP contribution >= 0.6 is 0 Å². The molecule has 0 aliphatic carbocycles. The number of carbonyl (C=O) groups excluding carboxylic acids is 1. The first kappa shape index (κ1) is 10.9. The second kappa shape index (κ2) is 4.12. The van der Waals surface area contributed by atoms with Crippen molar-refractivity contribution in [2.45, 2.75) is 33.6 Å². The number of aromatic nitrogens is 1. The van der Waals surface area contributed by atoms with Crippen molar-refractivity contribution >= 4 is 16.7 Å². The van der Waals surface area contributed by atoms with Crippen LogP contribution in [0.25, 0.3) is 10.9 Å². The Balaban J connectivity index is 2.43. The van der Waals surface area contributed by atoms with E-state index in [1.54, 1.807) is 6.92 Å². The summed E-state index contributed by atoms with van der Waals surface area (Å²) in [4.78, 5) is 14.3. The van der Waals surface area contributed by atoms with Gasteiger partial charge >= 0.3 is 0 Å². The minimum absolute atomic E-state index is 0.249. The molecule has 0 saturated carbocycles. The fraction of sp³-hybridized carbons (Fsp3) is 0.357. The largest absolute Gasteiger partial charge is 0.361 e. The first-order chi connectivity index (χ1) is 7.58. The Bertz CT molecular complexity index is 537. The zero-order chi connectivity index (χ0) is 11.7. The Morgan fingerprint density at radius 2 is 2.06 bits per heavy atom. The van der Waals surface area contributed by atoms with Crippen LogP contribution in [0.3, 0.4) is 0 Å². The van der Waals surface area contributed by atoms with Gasteiger partial charge in [0.2, 0.25) is 0 Å². The van der Waals surface area contributed by atoms with Crippen molar-refractivity contribution in [1.82, 2.24) is 4.98 Å². The second-order valence-electron chi connectivity index (χ2n) is 4.52. The summed E-state index contributed by atoms with van der Waals surface area (Å²) in [7, 11) is 0. The van der Waals surface area contributed by atoms with Gasteiger partial charge in [-0.3, -0.25) is 0 Å². The summed E-state index contributed by atoms with van der Waals surface area (Å²) < 4.78 is 0. The minimum atomic E-state index is 0.249. The second-order valence-corrected chi connectivity index (χ2v) is 4.52. The maximum Gasteiger partial charge on any atom is 0.130 e. The number of Topliss-reactive ketones (excluding diaryl/α,β-unsaturated/α-hetero) is 1. The molecule has 1 heterocycles. The number of aromatic amines is 1. The van der Waals surface area contributed by atoms with E-state index in [9.17, 15) is 4.79 Å². The van der Waals surface area contributed by atoms with E-state index in [-0.39, 0.29) is 5.78 Å². The van der Waals surface area contributed by atoms with Crippen LogP contribution in [0.2, 0.25) is 0 Å². The van der Waals surface area contributed by atoms with Gasteiger partial charge in [-0.15, -0.1) is 0 Å². The van der Waals surface area contributed by atoms with Crippen molar-refractivity contribution in [3.63, 3.8) is 0 Å². The molecular formula is C14H17NO. The summed E-state index contributed by atoms with van der Waals surface area (Å²) >= 11 is 0. The summed E-state index contributed by atoms with van der Waals surface area (Å²) in [6.07, 6.45) is 3.48. The molecule has 2 heteroatoms. The molecule has 0 bridgehead atoms. The minimum Gasteiger partial charge on any atom is -0.361 e. The van der Waals surface area contributed by atoms with Gasteiger partial charge in [-0.2, -0.15) is 0 Å². The molecule has 16 heavy (non-hydrogen) atoms. The summed E-state index contributed by atoms with van der Waals surface area (Å²) in [5.74, 6) is 0.249. The molecule has 0 aliphatic rings. The fourth-order valence-corrected chi connectivity index (χ4v) is 2.17. The Morgan fingerprint density at radius 3 is 2.75 bits per heavy atom. The van der Waals surface area contributed by atoms with Crippen molar-refractivity contribution in [3.8, 4) is 0 Å². The number of H-pyrrole nitrogens is 1. The molecule has 0 amide bonds. The van der Waals surface area contributed by atoms with Crippen LogP contribution in [0.15, 0.2) is 18.3 Å². The Kier molecular flexibility index (Phi) is 2.82. The average Bonchev–Trinajstić information content (AvgIpc) is 2.58. The third-order valence-electron chi connectivity index (χ3n) is 2.96. The lowest BCUT2D eigenvalue weighted by atomic mass is 10.0. The molecule has 0 fully saturated rings. The molecule has 0 spiro atoms. The molecule has 0 aliphatic heterocycles. The quantitative estimate of drug-likeness (QED) is 0.837. The molecule has 0 atom stereocenters. The summed E-state index contributed by atoms with van der Waals surface area (Å²) in [6.45, 7) is 5.86. The highest BCUT2D eigenvalue weighted by atomic mass is 16.1. The molecule has 84 valence electrons. The van der Waals surface area contributed by atoms with Gasteiger partial charge in [-0.25, -0.2) is 0 Å². The van der Waals surface area contributed by atoms with Gasteiger partial charge in [0.1, 0.15) is 5.78 Å². The number of nitrogens with one attached hydrogen (secondary N) is 1. The van der Waals surface area contributed by atoms with E-state index in [1.165, 1.54) is 27.6 Å². The van der Waals surface area contributed by atoms with Gasteiger partial charge in [0.25, 0.3) is 0 Å². The SMILES string of the molecule is CC(=O)CCc1c[nH]c2c(C)cc(C)cc12. The Morgan fingerprint density at radius 1 is 1.31 bits per heavy atom. The highest BCUT2D eigenvalue weighted by Crippen LogP contribution is 2.24. The predicted molar refractivity (Wildman–Crippen MR) is 66.8 cm³/mol. The zero-order valence-electron chi connectivity index (χ0n) is 10.1. The molecule has 1 aromatic carbocycles. The van der Waals surface area contributed by atoms with E-state index in [0.29, 0.717) is 6.42 Å². The van der Waals surface area contributed by atoms with Crippen molar-refractivity contribution in [2.75, 3.05) is 0 Å². The van der Waals surface area contributed by atoms with Crippen LogP contribution in [0.1, 0.15) is 30.0 Å². The van der Waals surface area contributed by atoms with Crippen molar-refractivity contribution in [1.29, 1.82) is 0 Å². The van der Waals surface area contributed by atoms with E-state index in [2.05, 4.69) is 31.0 Å². The highest BCUT2D eigenvalue weighted by Gasteiger charge is 2.07. The van der Waals surface area contributed by atoms with Crippen LogP contribution in [0.5, 0.6) is 0 Å². The van der Waals surface area contributed by atoms with Crippen LogP contribution in [-0.4, -0.2) is 10.8 Å². The van der Waals surface area contributed by atoms with E-state index in [1.807, 2.05) is 6.20 Å². The van der Waals surface area contributed by atoms with E-state index >= 15 is 0 Å². The lowest BCUT2D eigenvalue weighted by molar-refractivity contribution is -0.116. The van der Waals surface area contributed by atoms with Crippen LogP contribution in [0.4, 0.5) is 0 Å². The van der Waals surface area contributed by atoms with Crippen LogP contribution in [-0.2, 0) is 11.2 Å². The molecule has 1 N–H and O–H groups in total. The van der Waals surface area contributed by atoms with Crippen LogP contribution in [0, 0.1) is 13.8 Å². The molecule has 0 saturated heterocycles. The smallest absolute Gasteiger partial charge is 0.130 e. The number of ketones is 1. The van der Waals surface area contributed by atoms with Gasteiger partial charge in [0.15, 0.2) is 0 Å². The average molecular weight is 215 g/mol. The van der Waals surface area contributed by atoms with E-state index in [4.69, 9.17) is 0 Å². The Labute approximate surface area is 95.7 Å². The summed E-state index contributed by atoms with van der Waals surface area (Å²) in [6, 6.07) is 4.36. The standard InChI is InChI=1S/C14H17NO/c1-9-6-10(2)14-13(7-9)12(8-15-14)5-4-11(3)16/h6-8,15H,4-5H2,1-3H3. The lowest BCUT2D eigenvalue weighted by Crippen LogP contribution is -1.93. The topological polar surface area (TPSA) is 32.9 Å². The first-order valence-corrected chi connectivity index (χ1v) is 5.64. The van der Waals surface area contributed by atoms with Gasteiger partial charge in [0, 0.05) is 23.5 Å². The number of hydrogen-bond donors (Lipinski definition) is 1. The number of rotatable bonds is 3. The first-order valence-electron chi connectivity index (χ1n) is 5.64. The van der Waals surface area contributed by atoms with Crippen LogP contribution < -0.4 is 0 Å². The summed E-state index contributed by atoms with van der Waals surface area (Å²) in [5, 5.41) is 1.26. The van der Waals surface area contributed by atoms with Crippen molar-refractivity contribution in [3.05, 3.63) is 35.0 Å². The molecule has 2 aromatic rings. The maximum absolute atomic E-state index is 11.0. The third-order valence-corrected chi connectivity index (χ3v) is 2.96. The normalized spacial score (nSPS) is 10.9. The van der Waals surface area contributed by atoms with E-state index in [0.717, 1.165) is 6.42 Å². The molecule has 0 radical (unpaired) electrons. The third kappa shape index (κ3) is 2.01. The van der Waals surface area contributed by atoms with Crippen molar-refractivity contribution in [2.24, 2.45) is 0 Å².